The SMILES string of the molecule is NCCCCC(N)C(=O)NC(CS)C(=O)NCC(=O)NC(CC(N)=O)C(=O)O. The van der Waals surface area contributed by atoms with Gasteiger partial charge in [-0.3, -0.25) is 19.2 Å². The first-order valence-corrected chi connectivity index (χ1v) is 9.20. The molecule has 0 aromatic carbocycles. The fourth-order valence-electron chi connectivity index (χ4n) is 2.05. The summed E-state index contributed by atoms with van der Waals surface area (Å²) in [6, 6.07) is -3.35. The summed E-state index contributed by atoms with van der Waals surface area (Å²) in [6.45, 7) is -0.0790. The Hall–Kier alpha value is -2.38. The van der Waals surface area contributed by atoms with E-state index < -0.39 is 60.7 Å². The molecule has 28 heavy (non-hydrogen) atoms. The third-order valence-electron chi connectivity index (χ3n) is 3.58. The van der Waals surface area contributed by atoms with Crippen LogP contribution in [0.3, 0.4) is 0 Å². The quantitative estimate of drug-likeness (QED) is 0.103. The van der Waals surface area contributed by atoms with Gasteiger partial charge in [0.15, 0.2) is 0 Å². The van der Waals surface area contributed by atoms with Crippen LogP contribution in [0.4, 0.5) is 0 Å². The third kappa shape index (κ3) is 10.7. The molecule has 13 heteroatoms. The second-order valence-electron chi connectivity index (χ2n) is 5.98. The van der Waals surface area contributed by atoms with Crippen molar-refractivity contribution in [3.8, 4) is 0 Å². The van der Waals surface area contributed by atoms with Crippen molar-refractivity contribution in [2.45, 2.75) is 43.8 Å². The number of carbonyl (C=O) groups excluding carboxylic acids is 4. The molecular formula is C15H28N6O6S. The molecule has 3 unspecified atom stereocenters. The predicted molar refractivity (Wildman–Crippen MR) is 103 cm³/mol. The lowest BCUT2D eigenvalue weighted by atomic mass is 10.1. The van der Waals surface area contributed by atoms with E-state index in [0.717, 1.165) is 6.42 Å². The summed E-state index contributed by atoms with van der Waals surface area (Å²) >= 11 is 3.99. The Bertz CT molecular complexity index is 575. The first kappa shape index (κ1) is 25.6. The van der Waals surface area contributed by atoms with Gasteiger partial charge in [-0.15, -0.1) is 0 Å². The number of carboxylic acids is 1. The fraction of sp³-hybridized carbons (Fsp3) is 0.667. The minimum Gasteiger partial charge on any atom is -0.480 e. The second-order valence-corrected chi connectivity index (χ2v) is 6.35. The van der Waals surface area contributed by atoms with Crippen molar-refractivity contribution >= 4 is 42.2 Å². The number of primary amides is 1. The molecule has 12 nitrogen and oxygen atoms in total. The van der Waals surface area contributed by atoms with Crippen LogP contribution in [0.1, 0.15) is 25.7 Å². The molecule has 0 saturated carbocycles. The maximum Gasteiger partial charge on any atom is 0.326 e. The van der Waals surface area contributed by atoms with E-state index in [1.165, 1.54) is 0 Å². The lowest BCUT2D eigenvalue weighted by molar-refractivity contribution is -0.143. The number of amides is 4. The number of nitrogens with two attached hydrogens (primary N) is 3. The van der Waals surface area contributed by atoms with Crippen molar-refractivity contribution in [1.82, 2.24) is 16.0 Å². The molecule has 0 aliphatic heterocycles. The summed E-state index contributed by atoms with van der Waals surface area (Å²) < 4.78 is 0. The summed E-state index contributed by atoms with van der Waals surface area (Å²) in [6.07, 6.45) is 1.20. The number of unbranched alkanes of at least 4 members (excludes halogenated alkanes) is 1. The molecule has 0 aromatic heterocycles. The summed E-state index contributed by atoms with van der Waals surface area (Å²) in [5.74, 6) is -4.48. The van der Waals surface area contributed by atoms with Crippen LogP contribution in [0.15, 0.2) is 0 Å². The molecule has 0 spiro atoms. The van der Waals surface area contributed by atoms with Gasteiger partial charge in [0.25, 0.3) is 0 Å². The van der Waals surface area contributed by atoms with Crippen LogP contribution < -0.4 is 33.2 Å². The minimum absolute atomic E-state index is 0.0475. The Kier molecular flexibility index (Phi) is 12.6. The number of carbonyl (C=O) groups is 5. The van der Waals surface area contributed by atoms with E-state index in [1.54, 1.807) is 0 Å². The standard InChI is InChI=1S/C15H28N6O6S/c16-4-2-1-3-8(17)13(24)21-10(7-28)14(25)19-6-12(23)20-9(15(26)27)5-11(18)22/h8-10,28H,1-7,16-17H2,(H2,18,22)(H,19,25)(H,20,23)(H,21,24)(H,26,27). The van der Waals surface area contributed by atoms with Gasteiger partial charge in [-0.1, -0.05) is 6.42 Å². The number of hydrogen-bond donors (Lipinski definition) is 8. The number of nitrogens with one attached hydrogen (secondary N) is 3. The van der Waals surface area contributed by atoms with Crippen molar-refractivity contribution < 1.29 is 29.1 Å². The van der Waals surface area contributed by atoms with Gasteiger partial charge >= 0.3 is 5.97 Å². The van der Waals surface area contributed by atoms with Gasteiger partial charge in [-0.25, -0.2) is 4.79 Å². The molecule has 0 aliphatic rings. The Morgan fingerprint density at radius 1 is 1.00 bits per heavy atom. The van der Waals surface area contributed by atoms with Gasteiger partial charge in [-0.05, 0) is 19.4 Å². The molecule has 10 N–H and O–H groups in total. The van der Waals surface area contributed by atoms with E-state index in [9.17, 15) is 24.0 Å². The van der Waals surface area contributed by atoms with Crippen LogP contribution in [-0.2, 0) is 24.0 Å². The van der Waals surface area contributed by atoms with Crippen molar-refractivity contribution in [3.05, 3.63) is 0 Å². The normalized spacial score (nSPS) is 13.7. The maximum absolute atomic E-state index is 12.1. The molecule has 0 aliphatic carbocycles. The Balaban J connectivity index is 4.52. The molecule has 3 atom stereocenters. The van der Waals surface area contributed by atoms with E-state index >= 15 is 0 Å². The number of carboxylic acid groups (broad SMARTS) is 1. The van der Waals surface area contributed by atoms with Crippen LogP contribution in [0.2, 0.25) is 0 Å². The highest BCUT2D eigenvalue weighted by Crippen LogP contribution is 1.99. The topological polar surface area (TPSA) is 220 Å². The molecular weight excluding hydrogens is 392 g/mol. The first-order valence-electron chi connectivity index (χ1n) is 8.57. The average molecular weight is 420 g/mol. The minimum atomic E-state index is -1.51. The van der Waals surface area contributed by atoms with Crippen LogP contribution in [0.25, 0.3) is 0 Å². The first-order chi connectivity index (χ1) is 13.1. The number of hydrogen-bond acceptors (Lipinski definition) is 8. The van der Waals surface area contributed by atoms with Gasteiger partial charge in [0, 0.05) is 5.75 Å². The van der Waals surface area contributed by atoms with Gasteiger partial charge in [0.05, 0.1) is 19.0 Å². The van der Waals surface area contributed by atoms with Crippen molar-refractivity contribution in [3.63, 3.8) is 0 Å². The molecule has 4 amide bonds. The Morgan fingerprint density at radius 3 is 2.14 bits per heavy atom. The summed E-state index contributed by atoms with van der Waals surface area (Å²) in [7, 11) is 0. The monoisotopic (exact) mass is 420 g/mol. The average Bonchev–Trinajstić information content (AvgIpc) is 2.62. The second kappa shape index (κ2) is 13.7. The van der Waals surface area contributed by atoms with Crippen LogP contribution in [-0.4, -0.2) is 71.7 Å². The molecule has 0 rings (SSSR count). The molecule has 0 fully saturated rings. The fourth-order valence-corrected chi connectivity index (χ4v) is 2.31. The van der Waals surface area contributed by atoms with Crippen LogP contribution >= 0.6 is 12.6 Å². The smallest absolute Gasteiger partial charge is 0.326 e. The third-order valence-corrected chi connectivity index (χ3v) is 3.95. The Labute approximate surface area is 167 Å². The van der Waals surface area contributed by atoms with Gasteiger partial charge in [0.1, 0.15) is 12.1 Å². The van der Waals surface area contributed by atoms with Crippen LogP contribution in [0, 0.1) is 0 Å². The van der Waals surface area contributed by atoms with E-state index in [-0.39, 0.29) is 5.75 Å². The predicted octanol–water partition coefficient (Wildman–Crippen LogP) is -3.58. The summed E-state index contributed by atoms with van der Waals surface area (Å²) in [5, 5.41) is 15.7. The molecule has 0 radical (unpaired) electrons. The van der Waals surface area contributed by atoms with E-state index in [1.807, 2.05) is 0 Å². The van der Waals surface area contributed by atoms with Gasteiger partial charge in [-0.2, -0.15) is 12.6 Å². The van der Waals surface area contributed by atoms with Gasteiger partial charge in [0.2, 0.25) is 23.6 Å². The zero-order valence-electron chi connectivity index (χ0n) is 15.3. The molecule has 0 bridgehead atoms. The summed E-state index contributed by atoms with van der Waals surface area (Å²) in [5.41, 5.74) is 16.0. The molecule has 0 aromatic rings. The number of aliphatic carboxylic acids is 1. The van der Waals surface area contributed by atoms with E-state index in [0.29, 0.717) is 19.4 Å². The lowest BCUT2D eigenvalue weighted by Crippen LogP contribution is -2.54. The van der Waals surface area contributed by atoms with Crippen LogP contribution in [0.5, 0.6) is 0 Å². The maximum atomic E-state index is 12.1. The highest BCUT2D eigenvalue weighted by Gasteiger charge is 2.25. The van der Waals surface area contributed by atoms with E-state index in [2.05, 4.69) is 28.6 Å². The lowest BCUT2D eigenvalue weighted by Gasteiger charge is -2.19. The summed E-state index contributed by atoms with van der Waals surface area (Å²) in [4.78, 5) is 57.6. The molecule has 0 heterocycles. The number of rotatable bonds is 14. The molecule has 160 valence electrons. The van der Waals surface area contributed by atoms with Gasteiger partial charge < -0.3 is 38.3 Å². The largest absolute Gasteiger partial charge is 0.480 e. The Morgan fingerprint density at radius 2 is 1.64 bits per heavy atom. The zero-order chi connectivity index (χ0) is 21.7. The van der Waals surface area contributed by atoms with Crippen molar-refractivity contribution in [1.29, 1.82) is 0 Å². The van der Waals surface area contributed by atoms with Crippen molar-refractivity contribution in [2.24, 2.45) is 17.2 Å². The van der Waals surface area contributed by atoms with Crippen molar-refractivity contribution in [2.75, 3.05) is 18.8 Å². The zero-order valence-corrected chi connectivity index (χ0v) is 16.2. The number of thiol groups is 1. The highest BCUT2D eigenvalue weighted by atomic mass is 32.1. The molecule has 0 saturated heterocycles. The highest BCUT2D eigenvalue weighted by molar-refractivity contribution is 7.80. The van der Waals surface area contributed by atoms with E-state index in [4.69, 9.17) is 22.3 Å².